The minimum atomic E-state index is -0.307. The highest BCUT2D eigenvalue weighted by Gasteiger charge is 2.21. The topological polar surface area (TPSA) is 73.2 Å². The van der Waals surface area contributed by atoms with Crippen LogP contribution in [0, 0.1) is 0 Å². The standard InChI is InChI=1S/C17H18ClN3O3S/c1-24-14-7-6-10(8-12(14)18)19-15(22)9-21-16(23)11-4-3-5-13(11)20-17(21)25-2/h6-8H,3-5,9H2,1-2H3,(H,19,22). The third-order valence-electron chi connectivity index (χ3n) is 4.07. The fourth-order valence-corrected chi connectivity index (χ4v) is 3.72. The SMILES string of the molecule is COc1ccc(NC(=O)Cn2c(SC)nc3c(c2=O)CCC3)cc1Cl. The lowest BCUT2D eigenvalue weighted by atomic mass is 10.2. The van der Waals surface area contributed by atoms with Crippen molar-refractivity contribution in [2.24, 2.45) is 0 Å². The Kier molecular flexibility index (Phi) is 5.34. The van der Waals surface area contributed by atoms with Gasteiger partial charge in [-0.1, -0.05) is 23.4 Å². The second kappa shape index (κ2) is 7.49. The van der Waals surface area contributed by atoms with Crippen molar-refractivity contribution >= 4 is 35.0 Å². The van der Waals surface area contributed by atoms with Crippen LogP contribution in [0.5, 0.6) is 5.75 Å². The molecule has 1 heterocycles. The van der Waals surface area contributed by atoms with Crippen LogP contribution < -0.4 is 15.6 Å². The number of nitrogens with zero attached hydrogens (tertiary/aromatic N) is 2. The average molecular weight is 380 g/mol. The van der Waals surface area contributed by atoms with Crippen LogP contribution in [-0.2, 0) is 24.2 Å². The van der Waals surface area contributed by atoms with Crippen molar-refractivity contribution in [3.05, 3.63) is 44.8 Å². The van der Waals surface area contributed by atoms with Crippen molar-refractivity contribution in [3.8, 4) is 5.75 Å². The minimum Gasteiger partial charge on any atom is -0.495 e. The van der Waals surface area contributed by atoms with Crippen LogP contribution in [0.25, 0.3) is 0 Å². The number of nitrogens with one attached hydrogen (secondary N) is 1. The summed E-state index contributed by atoms with van der Waals surface area (Å²) in [6.07, 6.45) is 4.34. The highest BCUT2D eigenvalue weighted by Crippen LogP contribution is 2.27. The lowest BCUT2D eigenvalue weighted by Gasteiger charge is -2.13. The lowest BCUT2D eigenvalue weighted by Crippen LogP contribution is -2.31. The Bertz CT molecular complexity index is 882. The van der Waals surface area contributed by atoms with E-state index in [9.17, 15) is 9.59 Å². The number of methoxy groups -OCH3 is 1. The van der Waals surface area contributed by atoms with Crippen molar-refractivity contribution in [1.82, 2.24) is 9.55 Å². The van der Waals surface area contributed by atoms with Gasteiger partial charge in [0.05, 0.1) is 17.8 Å². The maximum atomic E-state index is 12.7. The summed E-state index contributed by atoms with van der Waals surface area (Å²) in [5.41, 5.74) is 2.03. The summed E-state index contributed by atoms with van der Waals surface area (Å²) < 4.78 is 6.53. The van der Waals surface area contributed by atoms with E-state index in [-0.39, 0.29) is 18.0 Å². The zero-order valence-electron chi connectivity index (χ0n) is 14.0. The van der Waals surface area contributed by atoms with Gasteiger partial charge >= 0.3 is 0 Å². The molecule has 0 aliphatic heterocycles. The van der Waals surface area contributed by atoms with E-state index in [0.717, 1.165) is 30.5 Å². The monoisotopic (exact) mass is 379 g/mol. The van der Waals surface area contributed by atoms with Crippen molar-refractivity contribution in [2.75, 3.05) is 18.7 Å². The molecule has 1 N–H and O–H groups in total. The number of hydrogen-bond acceptors (Lipinski definition) is 5. The van der Waals surface area contributed by atoms with Gasteiger partial charge in [-0.15, -0.1) is 0 Å². The Hall–Kier alpha value is -1.99. The zero-order valence-corrected chi connectivity index (χ0v) is 15.5. The number of anilines is 1. The molecule has 1 amide bonds. The molecule has 3 rings (SSSR count). The molecule has 0 spiro atoms. The fourth-order valence-electron chi connectivity index (χ4n) is 2.89. The molecule has 0 saturated carbocycles. The van der Waals surface area contributed by atoms with Gasteiger partial charge in [-0.3, -0.25) is 14.2 Å². The number of aromatic nitrogens is 2. The Morgan fingerprint density at radius 3 is 2.92 bits per heavy atom. The van der Waals surface area contributed by atoms with Gasteiger partial charge in [0.2, 0.25) is 5.91 Å². The lowest BCUT2D eigenvalue weighted by molar-refractivity contribution is -0.116. The highest BCUT2D eigenvalue weighted by atomic mass is 35.5. The molecular weight excluding hydrogens is 362 g/mol. The van der Waals surface area contributed by atoms with Gasteiger partial charge in [-0.2, -0.15) is 0 Å². The van der Waals surface area contributed by atoms with Gasteiger partial charge in [0.1, 0.15) is 12.3 Å². The molecule has 0 atom stereocenters. The summed E-state index contributed by atoms with van der Waals surface area (Å²) >= 11 is 7.43. The summed E-state index contributed by atoms with van der Waals surface area (Å²) in [7, 11) is 1.52. The number of thioether (sulfide) groups is 1. The number of rotatable bonds is 5. The van der Waals surface area contributed by atoms with E-state index in [2.05, 4.69) is 10.3 Å². The average Bonchev–Trinajstić information content (AvgIpc) is 3.06. The summed E-state index contributed by atoms with van der Waals surface area (Å²) in [5, 5.41) is 3.72. The molecular formula is C17H18ClN3O3S. The first-order valence-corrected chi connectivity index (χ1v) is 9.43. The second-order valence-corrected chi connectivity index (χ2v) is 6.85. The quantitative estimate of drug-likeness (QED) is 0.638. The van der Waals surface area contributed by atoms with Crippen LogP contribution in [0.3, 0.4) is 0 Å². The normalized spacial score (nSPS) is 12.8. The van der Waals surface area contributed by atoms with Crippen LogP contribution in [0.4, 0.5) is 5.69 Å². The minimum absolute atomic E-state index is 0.0844. The predicted octanol–water partition coefficient (Wildman–Crippen LogP) is 2.75. The van der Waals surface area contributed by atoms with E-state index >= 15 is 0 Å². The van der Waals surface area contributed by atoms with Crippen molar-refractivity contribution in [3.63, 3.8) is 0 Å². The number of hydrogen-bond donors (Lipinski definition) is 1. The van der Waals surface area contributed by atoms with Gasteiger partial charge in [0.25, 0.3) is 5.56 Å². The first-order chi connectivity index (χ1) is 12.0. The third kappa shape index (κ3) is 3.67. The summed E-state index contributed by atoms with van der Waals surface area (Å²) in [6, 6.07) is 4.98. The Morgan fingerprint density at radius 2 is 2.24 bits per heavy atom. The van der Waals surface area contributed by atoms with E-state index in [4.69, 9.17) is 16.3 Å². The van der Waals surface area contributed by atoms with Crippen LogP contribution in [0.15, 0.2) is 28.2 Å². The third-order valence-corrected chi connectivity index (χ3v) is 5.05. The smallest absolute Gasteiger partial charge is 0.258 e. The molecule has 132 valence electrons. The molecule has 0 saturated heterocycles. The second-order valence-electron chi connectivity index (χ2n) is 5.67. The Morgan fingerprint density at radius 1 is 1.44 bits per heavy atom. The van der Waals surface area contributed by atoms with Crippen molar-refractivity contribution < 1.29 is 9.53 Å². The van der Waals surface area contributed by atoms with E-state index < -0.39 is 0 Å². The number of ether oxygens (including phenoxy) is 1. The molecule has 8 heteroatoms. The zero-order chi connectivity index (χ0) is 18.0. The predicted molar refractivity (Wildman–Crippen MR) is 98.9 cm³/mol. The van der Waals surface area contributed by atoms with Crippen LogP contribution in [0.2, 0.25) is 5.02 Å². The molecule has 0 unspecified atom stereocenters. The van der Waals surface area contributed by atoms with E-state index in [1.807, 2.05) is 6.26 Å². The summed E-state index contributed by atoms with van der Waals surface area (Å²) in [4.78, 5) is 29.6. The van der Waals surface area contributed by atoms with Gasteiger partial charge in [0.15, 0.2) is 5.16 Å². The number of aryl methyl sites for hydroxylation is 1. The number of benzene rings is 1. The van der Waals surface area contributed by atoms with Gasteiger partial charge in [-0.25, -0.2) is 4.98 Å². The van der Waals surface area contributed by atoms with Gasteiger partial charge in [0, 0.05) is 11.3 Å². The van der Waals surface area contributed by atoms with E-state index in [0.29, 0.717) is 21.6 Å². The van der Waals surface area contributed by atoms with Crippen LogP contribution in [-0.4, -0.2) is 28.8 Å². The molecule has 1 aromatic heterocycles. The maximum absolute atomic E-state index is 12.7. The number of halogens is 1. The number of carbonyl (C=O) groups is 1. The van der Waals surface area contributed by atoms with Gasteiger partial charge in [-0.05, 0) is 43.7 Å². The summed E-state index contributed by atoms with van der Waals surface area (Å²) in [5.74, 6) is 0.224. The molecule has 1 aliphatic carbocycles. The van der Waals surface area contributed by atoms with E-state index in [1.165, 1.54) is 23.4 Å². The first-order valence-electron chi connectivity index (χ1n) is 7.83. The number of amides is 1. The highest BCUT2D eigenvalue weighted by molar-refractivity contribution is 7.98. The Balaban J connectivity index is 1.82. The number of fused-ring (bicyclic) bond motifs is 1. The molecule has 0 fully saturated rings. The largest absolute Gasteiger partial charge is 0.495 e. The first kappa shape index (κ1) is 17.8. The molecule has 1 aromatic carbocycles. The molecule has 1 aliphatic rings. The molecule has 25 heavy (non-hydrogen) atoms. The Labute approximate surface area is 154 Å². The fraction of sp³-hybridized carbons (Fsp3) is 0.353. The number of carbonyl (C=O) groups excluding carboxylic acids is 1. The van der Waals surface area contributed by atoms with Crippen molar-refractivity contribution in [2.45, 2.75) is 31.0 Å². The van der Waals surface area contributed by atoms with Gasteiger partial charge < -0.3 is 10.1 Å². The van der Waals surface area contributed by atoms with Crippen molar-refractivity contribution in [1.29, 1.82) is 0 Å². The maximum Gasteiger partial charge on any atom is 0.258 e. The van der Waals surface area contributed by atoms with Crippen LogP contribution >= 0.6 is 23.4 Å². The molecule has 6 nitrogen and oxygen atoms in total. The molecule has 2 aromatic rings. The molecule has 0 bridgehead atoms. The van der Waals surface area contributed by atoms with E-state index in [1.54, 1.807) is 18.2 Å². The molecule has 0 radical (unpaired) electrons. The summed E-state index contributed by atoms with van der Waals surface area (Å²) in [6.45, 7) is -0.0844. The van der Waals surface area contributed by atoms with Crippen LogP contribution in [0.1, 0.15) is 17.7 Å².